The number of nitrogens with one attached hydrogen (secondary N) is 1. The number of nitrogens with zero attached hydrogens (tertiary/aromatic N) is 1. The van der Waals surface area contributed by atoms with Gasteiger partial charge in [0.05, 0.1) is 7.11 Å². The Hall–Kier alpha value is -2.56. The zero-order valence-electron chi connectivity index (χ0n) is 15.6. The maximum Gasteiger partial charge on any atom is 0.166 e. The molecule has 27 heavy (non-hydrogen) atoms. The molecule has 0 aliphatic carbocycles. The molecule has 0 saturated heterocycles. The summed E-state index contributed by atoms with van der Waals surface area (Å²) in [4.78, 5) is 4.14. The van der Waals surface area contributed by atoms with Crippen LogP contribution >= 0.6 is 12.4 Å². The van der Waals surface area contributed by atoms with Gasteiger partial charge in [0.15, 0.2) is 11.5 Å². The lowest BCUT2D eigenvalue weighted by molar-refractivity contribution is 0.280. The lowest BCUT2D eigenvalue weighted by Crippen LogP contribution is -2.14. The van der Waals surface area contributed by atoms with Gasteiger partial charge in [0.25, 0.3) is 0 Å². The van der Waals surface area contributed by atoms with E-state index in [1.807, 2.05) is 24.4 Å². The van der Waals surface area contributed by atoms with E-state index in [0.29, 0.717) is 13.2 Å². The largest absolute Gasteiger partial charge is 0.493 e. The molecule has 0 amide bonds. The molecule has 4 nitrogen and oxygen atoms in total. The van der Waals surface area contributed by atoms with Gasteiger partial charge in [-0.2, -0.15) is 0 Å². The van der Waals surface area contributed by atoms with Gasteiger partial charge in [0, 0.05) is 31.0 Å². The summed E-state index contributed by atoms with van der Waals surface area (Å²) < 4.78 is 11.6. The number of para-hydroxylation sites is 1. The maximum absolute atomic E-state index is 6.11. The molecule has 3 aromatic rings. The molecule has 0 saturated carbocycles. The van der Waals surface area contributed by atoms with Crippen molar-refractivity contribution in [1.82, 2.24) is 10.3 Å². The second-order valence-corrected chi connectivity index (χ2v) is 6.19. The van der Waals surface area contributed by atoms with Gasteiger partial charge in [0.1, 0.15) is 6.61 Å². The van der Waals surface area contributed by atoms with Gasteiger partial charge >= 0.3 is 0 Å². The third-order valence-electron chi connectivity index (χ3n) is 4.15. The van der Waals surface area contributed by atoms with Crippen LogP contribution in [0, 0.1) is 6.92 Å². The molecule has 5 heteroatoms. The standard InChI is InChI=1S/C22H24N2O2.ClH/c1-17-8-10-18(11-9-17)16-26-22-20(6-3-7-21(22)25-2)15-24-14-19-5-4-12-23-13-19;/h3-13,24H,14-16H2,1-2H3;1H. The minimum atomic E-state index is 0. The van der Waals surface area contributed by atoms with E-state index >= 15 is 0 Å². The molecule has 2 aromatic carbocycles. The monoisotopic (exact) mass is 384 g/mol. The van der Waals surface area contributed by atoms with Crippen LogP contribution in [0.1, 0.15) is 22.3 Å². The Balaban J connectivity index is 0.00000261. The van der Waals surface area contributed by atoms with Gasteiger partial charge < -0.3 is 14.8 Å². The zero-order valence-corrected chi connectivity index (χ0v) is 16.5. The SMILES string of the molecule is COc1cccc(CNCc2cccnc2)c1OCc1ccc(C)cc1.Cl. The molecule has 3 rings (SSSR count). The van der Waals surface area contributed by atoms with E-state index in [4.69, 9.17) is 9.47 Å². The first-order valence-corrected chi connectivity index (χ1v) is 8.70. The van der Waals surface area contributed by atoms with Crippen molar-refractivity contribution in [1.29, 1.82) is 0 Å². The summed E-state index contributed by atoms with van der Waals surface area (Å²) in [6, 6.07) is 18.3. The third-order valence-corrected chi connectivity index (χ3v) is 4.15. The van der Waals surface area contributed by atoms with E-state index in [9.17, 15) is 0 Å². The molecule has 0 radical (unpaired) electrons. The Labute approximate surface area is 167 Å². The predicted octanol–water partition coefficient (Wildman–Crippen LogP) is 4.69. The predicted molar refractivity (Wildman–Crippen MR) is 111 cm³/mol. The molecule has 0 unspecified atom stereocenters. The van der Waals surface area contributed by atoms with Crippen LogP contribution in [-0.4, -0.2) is 12.1 Å². The molecule has 0 aliphatic heterocycles. The molecular formula is C22H25ClN2O2. The van der Waals surface area contributed by atoms with E-state index in [0.717, 1.165) is 34.7 Å². The van der Waals surface area contributed by atoms with E-state index in [-0.39, 0.29) is 12.4 Å². The average molecular weight is 385 g/mol. The van der Waals surface area contributed by atoms with E-state index in [2.05, 4.69) is 53.6 Å². The highest BCUT2D eigenvalue weighted by atomic mass is 35.5. The summed E-state index contributed by atoms with van der Waals surface area (Å²) in [5.41, 5.74) is 4.60. The molecular weight excluding hydrogens is 360 g/mol. The number of ether oxygens (including phenoxy) is 2. The number of halogens is 1. The fourth-order valence-electron chi connectivity index (χ4n) is 2.71. The van der Waals surface area contributed by atoms with Crippen LogP contribution < -0.4 is 14.8 Å². The smallest absolute Gasteiger partial charge is 0.166 e. The van der Waals surface area contributed by atoms with E-state index in [1.165, 1.54) is 5.56 Å². The molecule has 1 N–H and O–H groups in total. The average Bonchev–Trinajstić information content (AvgIpc) is 2.69. The molecule has 0 fully saturated rings. The number of methoxy groups -OCH3 is 1. The minimum absolute atomic E-state index is 0. The van der Waals surface area contributed by atoms with E-state index in [1.54, 1.807) is 13.3 Å². The van der Waals surface area contributed by atoms with Crippen LogP contribution in [0.25, 0.3) is 0 Å². The van der Waals surface area contributed by atoms with Crippen LogP contribution in [0.15, 0.2) is 67.0 Å². The Kier molecular flexibility index (Phi) is 8.11. The quantitative estimate of drug-likeness (QED) is 0.611. The maximum atomic E-state index is 6.11. The lowest BCUT2D eigenvalue weighted by Gasteiger charge is -2.16. The number of hydrogen-bond acceptors (Lipinski definition) is 4. The number of aryl methyl sites for hydroxylation is 1. The zero-order chi connectivity index (χ0) is 18.2. The first-order valence-electron chi connectivity index (χ1n) is 8.70. The van der Waals surface area contributed by atoms with Crippen molar-refractivity contribution in [2.75, 3.05) is 7.11 Å². The first kappa shape index (κ1) is 20.7. The third kappa shape index (κ3) is 5.98. The van der Waals surface area contributed by atoms with Crippen molar-refractivity contribution in [2.24, 2.45) is 0 Å². The van der Waals surface area contributed by atoms with E-state index < -0.39 is 0 Å². The Morgan fingerprint density at radius 1 is 0.926 bits per heavy atom. The molecule has 1 aromatic heterocycles. The van der Waals surface area contributed by atoms with Crippen molar-refractivity contribution in [2.45, 2.75) is 26.6 Å². The van der Waals surface area contributed by atoms with Crippen LogP contribution in [0.5, 0.6) is 11.5 Å². The summed E-state index contributed by atoms with van der Waals surface area (Å²) in [6.45, 7) is 4.03. The Morgan fingerprint density at radius 3 is 2.44 bits per heavy atom. The van der Waals surface area contributed by atoms with Crippen molar-refractivity contribution < 1.29 is 9.47 Å². The summed E-state index contributed by atoms with van der Waals surface area (Å²) in [5, 5.41) is 3.44. The second kappa shape index (κ2) is 10.6. The molecule has 0 atom stereocenters. The number of aromatic nitrogens is 1. The van der Waals surface area contributed by atoms with Crippen LogP contribution in [0.3, 0.4) is 0 Å². The van der Waals surface area contributed by atoms with Gasteiger partial charge in [-0.1, -0.05) is 48.0 Å². The van der Waals surface area contributed by atoms with Gasteiger partial charge in [-0.25, -0.2) is 0 Å². The second-order valence-electron chi connectivity index (χ2n) is 6.19. The number of pyridine rings is 1. The van der Waals surface area contributed by atoms with Crippen molar-refractivity contribution >= 4 is 12.4 Å². The fourth-order valence-corrected chi connectivity index (χ4v) is 2.71. The first-order chi connectivity index (χ1) is 12.8. The highest BCUT2D eigenvalue weighted by Crippen LogP contribution is 2.31. The van der Waals surface area contributed by atoms with Gasteiger partial charge in [-0.15, -0.1) is 12.4 Å². The van der Waals surface area contributed by atoms with Gasteiger partial charge in [0.2, 0.25) is 0 Å². The number of benzene rings is 2. The molecule has 0 spiro atoms. The fraction of sp³-hybridized carbons (Fsp3) is 0.227. The normalized spacial score (nSPS) is 10.1. The summed E-state index contributed by atoms with van der Waals surface area (Å²) >= 11 is 0. The summed E-state index contributed by atoms with van der Waals surface area (Å²) in [5.74, 6) is 1.53. The van der Waals surface area contributed by atoms with Crippen LogP contribution in [-0.2, 0) is 19.7 Å². The van der Waals surface area contributed by atoms with Crippen LogP contribution in [0.2, 0.25) is 0 Å². The van der Waals surface area contributed by atoms with Gasteiger partial charge in [-0.05, 0) is 30.2 Å². The number of hydrogen-bond donors (Lipinski definition) is 1. The molecule has 0 aliphatic rings. The molecule has 142 valence electrons. The summed E-state index contributed by atoms with van der Waals surface area (Å²) in [7, 11) is 1.67. The van der Waals surface area contributed by atoms with Crippen molar-refractivity contribution in [3.8, 4) is 11.5 Å². The van der Waals surface area contributed by atoms with Crippen molar-refractivity contribution in [3.05, 3.63) is 89.2 Å². The Morgan fingerprint density at radius 2 is 1.74 bits per heavy atom. The molecule has 1 heterocycles. The lowest BCUT2D eigenvalue weighted by atomic mass is 10.1. The highest BCUT2D eigenvalue weighted by molar-refractivity contribution is 5.85. The summed E-state index contributed by atoms with van der Waals surface area (Å²) in [6.07, 6.45) is 3.65. The van der Waals surface area contributed by atoms with Gasteiger partial charge in [-0.3, -0.25) is 4.98 Å². The minimum Gasteiger partial charge on any atom is -0.493 e. The highest BCUT2D eigenvalue weighted by Gasteiger charge is 2.11. The molecule has 0 bridgehead atoms. The van der Waals surface area contributed by atoms with Crippen molar-refractivity contribution in [3.63, 3.8) is 0 Å². The topological polar surface area (TPSA) is 43.4 Å². The van der Waals surface area contributed by atoms with Crippen LogP contribution in [0.4, 0.5) is 0 Å². The number of rotatable bonds is 8. The Bertz CT molecular complexity index is 823.